The van der Waals surface area contributed by atoms with E-state index in [1.807, 2.05) is 86.6 Å². The average molecular weight is 722 g/mol. The monoisotopic (exact) mass is 720 g/mol. The van der Waals surface area contributed by atoms with Crippen molar-refractivity contribution in [2.45, 2.75) is 19.5 Å². The smallest absolute Gasteiger partial charge is 0.202 e. The van der Waals surface area contributed by atoms with Crippen LogP contribution in [0.4, 0.5) is 0 Å². The summed E-state index contributed by atoms with van der Waals surface area (Å²) in [7, 11) is 0. The molecule has 0 aromatic heterocycles. The molecule has 1 aliphatic carbocycles. The zero-order valence-electron chi connectivity index (χ0n) is 24.2. The molecule has 6 aromatic rings. The molecule has 0 radical (unpaired) electrons. The summed E-state index contributed by atoms with van der Waals surface area (Å²) >= 11 is 7.60. The van der Waals surface area contributed by atoms with Gasteiger partial charge in [-0.3, -0.25) is 9.98 Å². The number of aromatic hydroxyl groups is 4. The van der Waals surface area contributed by atoms with E-state index in [2.05, 4.69) is 31.9 Å². The zero-order valence-corrected chi connectivity index (χ0v) is 27.3. The van der Waals surface area contributed by atoms with Crippen molar-refractivity contribution in [3.8, 4) is 34.1 Å². The number of aryl methyl sites for hydroxylation is 2. The minimum Gasteiger partial charge on any atom is -0.504 e. The Morgan fingerprint density at radius 3 is 1.40 bits per heavy atom. The van der Waals surface area contributed by atoms with Crippen LogP contribution >= 0.6 is 31.9 Å². The lowest BCUT2D eigenvalue weighted by Gasteiger charge is -2.25. The number of aliphatic imine (C=N–C) groups is 2. The van der Waals surface area contributed by atoms with E-state index in [-0.39, 0.29) is 23.0 Å². The molecule has 0 heterocycles. The van der Waals surface area contributed by atoms with E-state index in [9.17, 15) is 20.4 Å². The van der Waals surface area contributed by atoms with Gasteiger partial charge in [0.1, 0.15) is 0 Å². The molecule has 0 bridgehead atoms. The third kappa shape index (κ3) is 4.59. The number of nitrogens with zero attached hydrogens (tertiary/aromatic N) is 2. The molecule has 0 spiro atoms. The molecule has 222 valence electrons. The van der Waals surface area contributed by atoms with Gasteiger partial charge in [-0.05, 0) is 70.8 Å². The van der Waals surface area contributed by atoms with Gasteiger partial charge in [-0.25, -0.2) is 0 Å². The van der Waals surface area contributed by atoms with Crippen molar-refractivity contribution in [2.24, 2.45) is 9.98 Å². The topological polar surface area (TPSA) is 106 Å². The number of hydrogen-bond acceptors (Lipinski definition) is 6. The summed E-state index contributed by atoms with van der Waals surface area (Å²) in [6.45, 7) is 3.99. The van der Waals surface area contributed by atoms with Gasteiger partial charge >= 0.3 is 0 Å². The van der Waals surface area contributed by atoms with Crippen molar-refractivity contribution >= 4 is 65.8 Å². The fourth-order valence-corrected chi connectivity index (χ4v) is 7.82. The van der Waals surface area contributed by atoms with Crippen LogP contribution in [0.3, 0.4) is 0 Å². The van der Waals surface area contributed by atoms with Crippen LogP contribution < -0.4 is 0 Å². The molecule has 0 unspecified atom stereocenters. The third-order valence-electron chi connectivity index (χ3n) is 8.31. The van der Waals surface area contributed by atoms with Crippen molar-refractivity contribution in [3.63, 3.8) is 0 Å². The second-order valence-electron chi connectivity index (χ2n) is 11.3. The molecule has 0 aliphatic heterocycles. The van der Waals surface area contributed by atoms with E-state index in [1.165, 1.54) is 12.1 Å². The van der Waals surface area contributed by atoms with Gasteiger partial charge in [0.25, 0.3) is 0 Å². The average Bonchev–Trinajstić information content (AvgIpc) is 3.27. The standard InChI is InChI=1S/C37H26Br2N2O4/c1-19-11-27-33(29(38)13-19)34-28(12-20(2)14-30(34)39)37(27,40-17-25-23-9-5-3-7-21(23)15-31(42)35(25)44)41-18-26-24-10-6-4-8-22(24)16-32(43)36(26)45/h3-18,42-45H,1-2H3. The summed E-state index contributed by atoms with van der Waals surface area (Å²) in [6.07, 6.45) is 3.11. The lowest BCUT2D eigenvalue weighted by Crippen LogP contribution is -2.21. The summed E-state index contributed by atoms with van der Waals surface area (Å²) in [4.78, 5) is 10.4. The van der Waals surface area contributed by atoms with Crippen molar-refractivity contribution in [2.75, 3.05) is 0 Å². The third-order valence-corrected chi connectivity index (χ3v) is 9.56. The van der Waals surface area contributed by atoms with E-state index in [0.29, 0.717) is 21.9 Å². The molecule has 4 N–H and O–H groups in total. The predicted octanol–water partition coefficient (Wildman–Crippen LogP) is 9.38. The van der Waals surface area contributed by atoms with E-state index < -0.39 is 5.66 Å². The fraction of sp³-hybridized carbons (Fsp3) is 0.0811. The molecule has 45 heavy (non-hydrogen) atoms. The highest BCUT2D eigenvalue weighted by atomic mass is 79.9. The largest absolute Gasteiger partial charge is 0.504 e. The zero-order chi connectivity index (χ0) is 31.6. The van der Waals surface area contributed by atoms with Crippen molar-refractivity contribution in [1.82, 2.24) is 0 Å². The van der Waals surface area contributed by atoms with Gasteiger partial charge in [0.15, 0.2) is 23.0 Å². The number of halogens is 2. The Balaban J connectivity index is 1.59. The van der Waals surface area contributed by atoms with Gasteiger partial charge in [-0.1, -0.05) is 92.5 Å². The first-order chi connectivity index (χ1) is 21.6. The molecular formula is C37H26Br2N2O4. The Bertz CT molecular complexity index is 2120. The lowest BCUT2D eigenvalue weighted by molar-refractivity contribution is 0.404. The second kappa shape index (κ2) is 10.8. The Morgan fingerprint density at radius 2 is 0.978 bits per heavy atom. The van der Waals surface area contributed by atoms with Crippen LogP contribution in [0.25, 0.3) is 32.7 Å². The van der Waals surface area contributed by atoms with Crippen molar-refractivity contribution in [3.05, 3.63) is 127 Å². The molecule has 0 saturated carbocycles. The lowest BCUT2D eigenvalue weighted by atomic mass is 9.95. The first-order valence-corrected chi connectivity index (χ1v) is 15.8. The summed E-state index contributed by atoms with van der Waals surface area (Å²) < 4.78 is 1.73. The highest BCUT2D eigenvalue weighted by molar-refractivity contribution is 9.11. The van der Waals surface area contributed by atoms with Crippen LogP contribution in [0.2, 0.25) is 0 Å². The van der Waals surface area contributed by atoms with Crippen LogP contribution in [0, 0.1) is 13.8 Å². The number of hydrogen-bond donors (Lipinski definition) is 4. The Hall–Kier alpha value is -4.66. The normalized spacial score (nSPS) is 13.7. The number of phenols is 4. The molecular weight excluding hydrogens is 696 g/mol. The quantitative estimate of drug-likeness (QED) is 0.108. The van der Waals surface area contributed by atoms with Gasteiger partial charge in [0.2, 0.25) is 5.66 Å². The minimum absolute atomic E-state index is 0.256. The van der Waals surface area contributed by atoms with Gasteiger partial charge in [0.05, 0.1) is 0 Å². The highest BCUT2D eigenvalue weighted by Crippen LogP contribution is 2.56. The Labute approximate surface area is 275 Å². The van der Waals surface area contributed by atoms with Crippen LogP contribution in [0.15, 0.2) is 104 Å². The summed E-state index contributed by atoms with van der Waals surface area (Å²) in [5.74, 6) is -1.09. The molecule has 0 saturated heterocycles. The van der Waals surface area contributed by atoms with Crippen LogP contribution in [0.5, 0.6) is 23.0 Å². The number of fused-ring (bicyclic) bond motifs is 5. The number of phenolic OH excluding ortho intramolecular Hbond substituents is 4. The summed E-state index contributed by atoms with van der Waals surface area (Å²) in [5.41, 5.74) is 4.66. The van der Waals surface area contributed by atoms with Gasteiger partial charge < -0.3 is 20.4 Å². The van der Waals surface area contributed by atoms with E-state index >= 15 is 0 Å². The summed E-state index contributed by atoms with van der Waals surface area (Å²) in [6, 6.07) is 26.1. The molecule has 6 nitrogen and oxygen atoms in total. The van der Waals surface area contributed by atoms with Gasteiger partial charge in [-0.2, -0.15) is 0 Å². The van der Waals surface area contributed by atoms with Crippen molar-refractivity contribution in [1.29, 1.82) is 0 Å². The molecule has 7 rings (SSSR count). The maximum Gasteiger partial charge on any atom is 0.202 e. The summed E-state index contributed by atoms with van der Waals surface area (Å²) in [5, 5.41) is 46.3. The van der Waals surface area contributed by atoms with Crippen molar-refractivity contribution < 1.29 is 20.4 Å². The second-order valence-corrected chi connectivity index (χ2v) is 13.0. The maximum absolute atomic E-state index is 11.1. The van der Waals surface area contributed by atoms with Crippen LogP contribution in [0.1, 0.15) is 33.4 Å². The van der Waals surface area contributed by atoms with Gasteiger partial charge in [0, 0.05) is 54.8 Å². The van der Waals surface area contributed by atoms with E-state index in [4.69, 9.17) is 9.98 Å². The molecule has 6 aromatic carbocycles. The number of benzene rings is 6. The molecule has 1 aliphatic rings. The maximum atomic E-state index is 11.1. The first-order valence-electron chi connectivity index (χ1n) is 14.2. The van der Waals surface area contributed by atoms with Crippen LogP contribution in [-0.4, -0.2) is 32.9 Å². The Morgan fingerprint density at radius 1 is 0.578 bits per heavy atom. The molecule has 0 fully saturated rings. The van der Waals surface area contributed by atoms with Crippen LogP contribution in [-0.2, 0) is 5.66 Å². The highest BCUT2D eigenvalue weighted by Gasteiger charge is 2.45. The van der Waals surface area contributed by atoms with Gasteiger partial charge in [-0.15, -0.1) is 0 Å². The Kier molecular flexibility index (Phi) is 6.95. The minimum atomic E-state index is -1.38. The van der Waals surface area contributed by atoms with E-state index in [1.54, 1.807) is 12.4 Å². The molecule has 8 heteroatoms. The van der Waals surface area contributed by atoms with E-state index in [0.717, 1.165) is 53.1 Å². The number of rotatable bonds is 4. The SMILES string of the molecule is Cc1cc(Br)c2c(c1)C(N=Cc1c(O)c(O)cc3ccccc13)(N=Cc1c(O)c(O)cc3ccccc13)c1cc(C)cc(Br)c1-2. The predicted molar refractivity (Wildman–Crippen MR) is 187 cm³/mol. The fourth-order valence-electron chi connectivity index (χ4n) is 6.28. The molecule has 0 amide bonds. The molecule has 0 atom stereocenters. The first kappa shape index (κ1) is 29.1.